The number of halogens is 2. The topological polar surface area (TPSA) is 85.6 Å². The molecule has 0 bridgehead atoms. The summed E-state index contributed by atoms with van der Waals surface area (Å²) in [5.41, 5.74) is 3.39. The van der Waals surface area contributed by atoms with Crippen LogP contribution >= 0.6 is 11.6 Å². The Balaban J connectivity index is 1.41. The summed E-state index contributed by atoms with van der Waals surface area (Å²) in [6, 6.07) is 9.68. The van der Waals surface area contributed by atoms with Crippen LogP contribution in [0.4, 0.5) is 4.39 Å². The van der Waals surface area contributed by atoms with Gasteiger partial charge >= 0.3 is 0 Å². The molecular weight excluding hydrogens is 419 g/mol. The molecule has 0 saturated carbocycles. The summed E-state index contributed by atoms with van der Waals surface area (Å²) in [6.45, 7) is 2.27. The van der Waals surface area contributed by atoms with Gasteiger partial charge in [-0.1, -0.05) is 23.2 Å². The minimum absolute atomic E-state index is 0.231. The van der Waals surface area contributed by atoms with Gasteiger partial charge in [0, 0.05) is 36.5 Å². The highest BCUT2D eigenvalue weighted by Gasteiger charge is 2.14. The van der Waals surface area contributed by atoms with Crippen molar-refractivity contribution in [2.75, 3.05) is 6.54 Å². The van der Waals surface area contributed by atoms with E-state index < -0.39 is 5.82 Å². The molecule has 9 heteroatoms. The van der Waals surface area contributed by atoms with E-state index in [1.807, 2.05) is 19.1 Å². The van der Waals surface area contributed by atoms with E-state index in [0.29, 0.717) is 46.2 Å². The molecule has 0 saturated heterocycles. The van der Waals surface area contributed by atoms with Gasteiger partial charge < -0.3 is 5.32 Å². The predicted molar refractivity (Wildman–Crippen MR) is 115 cm³/mol. The van der Waals surface area contributed by atoms with Gasteiger partial charge in [0.25, 0.3) is 5.91 Å². The number of hydrogen-bond donors (Lipinski definition) is 1. The first-order valence-electron chi connectivity index (χ1n) is 9.53. The fourth-order valence-electron chi connectivity index (χ4n) is 3.08. The monoisotopic (exact) mass is 436 g/mol. The van der Waals surface area contributed by atoms with Crippen molar-refractivity contribution < 1.29 is 9.18 Å². The summed E-state index contributed by atoms with van der Waals surface area (Å²) in [5.74, 6) is -0.0617. The third kappa shape index (κ3) is 4.75. The molecule has 7 nitrogen and oxygen atoms in total. The van der Waals surface area contributed by atoms with Crippen molar-refractivity contribution in [1.29, 1.82) is 0 Å². The SMILES string of the molecule is Cc1ccc(-n2nccn2)c(C(=O)NCCc2ncc(-c3ccc(F)cc3Cl)cn2)c1. The van der Waals surface area contributed by atoms with Crippen molar-refractivity contribution in [2.45, 2.75) is 13.3 Å². The van der Waals surface area contributed by atoms with Gasteiger partial charge in [-0.2, -0.15) is 15.0 Å². The van der Waals surface area contributed by atoms with E-state index in [0.717, 1.165) is 5.56 Å². The molecule has 2 aromatic carbocycles. The van der Waals surface area contributed by atoms with Crippen LogP contribution < -0.4 is 5.32 Å². The van der Waals surface area contributed by atoms with Gasteiger partial charge in [0.1, 0.15) is 11.6 Å². The Labute approximate surface area is 182 Å². The standard InChI is InChI=1S/C22H18ClFN6O/c1-14-2-5-20(30-28-8-9-29-30)18(10-14)22(31)25-7-6-21-26-12-15(13-27-21)17-4-3-16(24)11-19(17)23/h2-5,8-13H,6-7H2,1H3,(H,25,31). The van der Waals surface area contributed by atoms with Gasteiger partial charge in [0.15, 0.2) is 0 Å². The lowest BCUT2D eigenvalue weighted by molar-refractivity contribution is 0.0953. The number of nitrogens with zero attached hydrogens (tertiary/aromatic N) is 5. The van der Waals surface area contributed by atoms with Gasteiger partial charge in [0.2, 0.25) is 0 Å². The maximum Gasteiger partial charge on any atom is 0.253 e. The summed E-state index contributed by atoms with van der Waals surface area (Å²) in [4.78, 5) is 22.8. The Morgan fingerprint density at radius 3 is 2.55 bits per heavy atom. The molecule has 0 aliphatic heterocycles. The average Bonchev–Trinajstić information content (AvgIpc) is 3.29. The van der Waals surface area contributed by atoms with Crippen LogP contribution in [0, 0.1) is 12.7 Å². The van der Waals surface area contributed by atoms with Crippen LogP contribution in [-0.4, -0.2) is 37.4 Å². The first kappa shape index (κ1) is 20.6. The molecule has 1 N–H and O–H groups in total. The van der Waals surface area contributed by atoms with Crippen LogP contribution in [0.3, 0.4) is 0 Å². The third-order valence-corrected chi connectivity index (χ3v) is 4.93. The smallest absolute Gasteiger partial charge is 0.253 e. The molecule has 2 aromatic heterocycles. The fourth-order valence-corrected chi connectivity index (χ4v) is 3.35. The highest BCUT2D eigenvalue weighted by atomic mass is 35.5. The summed E-state index contributed by atoms with van der Waals surface area (Å²) < 4.78 is 13.2. The summed E-state index contributed by atoms with van der Waals surface area (Å²) >= 11 is 6.09. The number of benzene rings is 2. The van der Waals surface area contributed by atoms with Crippen molar-refractivity contribution in [3.05, 3.63) is 89.0 Å². The van der Waals surface area contributed by atoms with E-state index in [1.54, 1.807) is 36.9 Å². The minimum atomic E-state index is -0.401. The van der Waals surface area contributed by atoms with Crippen LogP contribution in [0.1, 0.15) is 21.7 Å². The zero-order valence-corrected chi connectivity index (χ0v) is 17.3. The molecule has 4 aromatic rings. The van der Waals surface area contributed by atoms with Gasteiger partial charge in [-0.25, -0.2) is 14.4 Å². The lowest BCUT2D eigenvalue weighted by Crippen LogP contribution is -2.27. The lowest BCUT2D eigenvalue weighted by Gasteiger charge is -2.10. The fraction of sp³-hybridized carbons (Fsp3) is 0.136. The maximum atomic E-state index is 13.2. The van der Waals surface area contributed by atoms with Crippen LogP contribution in [0.2, 0.25) is 5.02 Å². The Hall–Kier alpha value is -3.65. The minimum Gasteiger partial charge on any atom is -0.352 e. The Kier molecular flexibility index (Phi) is 5.99. The number of carbonyl (C=O) groups is 1. The van der Waals surface area contributed by atoms with E-state index in [1.165, 1.54) is 16.9 Å². The van der Waals surface area contributed by atoms with Crippen molar-refractivity contribution in [1.82, 2.24) is 30.3 Å². The zero-order valence-electron chi connectivity index (χ0n) is 16.6. The molecule has 0 unspecified atom stereocenters. The van der Waals surface area contributed by atoms with Crippen LogP contribution in [0.25, 0.3) is 16.8 Å². The quantitative estimate of drug-likeness (QED) is 0.497. The van der Waals surface area contributed by atoms with Crippen LogP contribution in [0.15, 0.2) is 61.2 Å². The second kappa shape index (κ2) is 9.01. The van der Waals surface area contributed by atoms with E-state index in [4.69, 9.17) is 11.6 Å². The van der Waals surface area contributed by atoms with Gasteiger partial charge in [-0.15, -0.1) is 0 Å². The number of nitrogens with one attached hydrogen (secondary N) is 1. The molecule has 1 amide bonds. The van der Waals surface area contributed by atoms with Gasteiger partial charge in [-0.05, 0) is 37.3 Å². The van der Waals surface area contributed by atoms with Crippen molar-refractivity contribution in [3.8, 4) is 16.8 Å². The molecule has 4 rings (SSSR count). The van der Waals surface area contributed by atoms with Gasteiger partial charge in [0.05, 0.1) is 28.7 Å². The molecule has 0 fully saturated rings. The normalized spacial score (nSPS) is 10.8. The number of carbonyl (C=O) groups excluding carboxylic acids is 1. The molecule has 0 atom stereocenters. The van der Waals surface area contributed by atoms with E-state index >= 15 is 0 Å². The van der Waals surface area contributed by atoms with E-state index in [9.17, 15) is 9.18 Å². The van der Waals surface area contributed by atoms with Crippen molar-refractivity contribution in [2.24, 2.45) is 0 Å². The highest BCUT2D eigenvalue weighted by Crippen LogP contribution is 2.27. The first-order valence-corrected chi connectivity index (χ1v) is 9.91. The Bertz CT molecular complexity index is 1210. The van der Waals surface area contributed by atoms with Gasteiger partial charge in [-0.3, -0.25) is 4.79 Å². The Morgan fingerprint density at radius 2 is 1.84 bits per heavy atom. The molecule has 0 radical (unpaired) electrons. The second-order valence-corrected chi connectivity index (χ2v) is 7.26. The molecule has 0 aliphatic rings. The summed E-state index contributed by atoms with van der Waals surface area (Å²) in [6.07, 6.45) is 6.82. The van der Waals surface area contributed by atoms with E-state index in [-0.39, 0.29) is 5.91 Å². The predicted octanol–water partition coefficient (Wildman–Crippen LogP) is 3.80. The number of aryl methyl sites for hydroxylation is 1. The molecule has 0 aliphatic carbocycles. The molecule has 0 spiro atoms. The first-order chi connectivity index (χ1) is 15.0. The number of amides is 1. The van der Waals surface area contributed by atoms with Crippen LogP contribution in [0.5, 0.6) is 0 Å². The Morgan fingerprint density at radius 1 is 1.10 bits per heavy atom. The zero-order chi connectivity index (χ0) is 21.8. The number of aromatic nitrogens is 5. The average molecular weight is 437 g/mol. The third-order valence-electron chi connectivity index (χ3n) is 4.61. The summed E-state index contributed by atoms with van der Waals surface area (Å²) in [7, 11) is 0. The van der Waals surface area contributed by atoms with Crippen LogP contribution in [-0.2, 0) is 6.42 Å². The number of hydrogen-bond acceptors (Lipinski definition) is 5. The summed E-state index contributed by atoms with van der Waals surface area (Å²) in [5, 5.41) is 11.4. The van der Waals surface area contributed by atoms with Crippen molar-refractivity contribution >= 4 is 17.5 Å². The van der Waals surface area contributed by atoms with E-state index in [2.05, 4.69) is 25.5 Å². The second-order valence-electron chi connectivity index (χ2n) is 6.86. The largest absolute Gasteiger partial charge is 0.352 e. The highest BCUT2D eigenvalue weighted by molar-refractivity contribution is 6.33. The molecule has 156 valence electrons. The maximum absolute atomic E-state index is 13.2. The van der Waals surface area contributed by atoms with Crippen molar-refractivity contribution in [3.63, 3.8) is 0 Å². The number of rotatable bonds is 6. The molecule has 2 heterocycles. The molecular formula is C22H18ClFN6O. The lowest BCUT2D eigenvalue weighted by atomic mass is 10.1. The molecule has 31 heavy (non-hydrogen) atoms.